The molecule has 0 radical (unpaired) electrons. The van der Waals surface area contributed by atoms with Crippen molar-refractivity contribution in [1.29, 1.82) is 0 Å². The standard InChI is InChI=1S/C42H32N2O5S2/c45-39-35-23-1-2-24(21-23)36(35)40(46)43(39)27-5-13-31(14-6-27)50-33-17-9-29(10-18-33)49-30-11-19-34(20-12-30)51-32-15-7-28(8-16-32)44-41(47)37-25-3-4-26(22-25)38(37)42(44)48/h1-20,23-26,35-38H,21-22H2/t23-,24-,25-,26+,35-,36+,37-,38+/m0/s1. The molecule has 4 bridgehead atoms. The fraction of sp³-hybridized carbons (Fsp3) is 0.238. The molecule has 4 aromatic carbocycles. The number of amides is 4. The molecule has 0 N–H and O–H groups in total. The number of hydrogen-bond acceptors (Lipinski definition) is 7. The second-order valence-electron chi connectivity index (χ2n) is 14.3. The number of rotatable bonds is 8. The Balaban J connectivity index is 0.736. The Morgan fingerprint density at radius 1 is 0.412 bits per heavy atom. The number of allylic oxidation sites excluding steroid dienone is 4. The molecule has 4 fully saturated rings. The number of hydrogen-bond donors (Lipinski definition) is 0. The smallest absolute Gasteiger partial charge is 0.238 e. The van der Waals surface area contributed by atoms with E-state index in [-0.39, 0.29) is 71.0 Å². The summed E-state index contributed by atoms with van der Waals surface area (Å²) in [5, 5.41) is 0. The van der Waals surface area contributed by atoms with Gasteiger partial charge in [-0.05, 0) is 134 Å². The Morgan fingerprint density at radius 2 is 0.686 bits per heavy atom. The van der Waals surface area contributed by atoms with Gasteiger partial charge in [-0.3, -0.25) is 29.0 Å². The molecule has 10 rings (SSSR count). The van der Waals surface area contributed by atoms with Crippen molar-refractivity contribution in [3.63, 3.8) is 0 Å². The van der Waals surface area contributed by atoms with Crippen LogP contribution in [0.25, 0.3) is 0 Å². The Hall–Kier alpha value is -4.86. The highest BCUT2D eigenvalue weighted by atomic mass is 32.2. The van der Waals surface area contributed by atoms with Crippen molar-refractivity contribution in [3.05, 3.63) is 121 Å². The highest BCUT2D eigenvalue weighted by Gasteiger charge is 2.60. The first-order chi connectivity index (χ1) is 24.9. The van der Waals surface area contributed by atoms with Crippen molar-refractivity contribution in [3.8, 4) is 11.5 Å². The quantitative estimate of drug-likeness (QED) is 0.134. The summed E-state index contributed by atoms with van der Waals surface area (Å²) in [5.74, 6) is 1.26. The van der Waals surface area contributed by atoms with Crippen molar-refractivity contribution >= 4 is 58.5 Å². The molecule has 51 heavy (non-hydrogen) atoms. The average Bonchev–Trinajstić information content (AvgIpc) is 4.01. The number of nitrogens with zero attached hydrogens (tertiary/aromatic N) is 2. The maximum Gasteiger partial charge on any atom is 0.238 e. The highest BCUT2D eigenvalue weighted by Crippen LogP contribution is 2.54. The molecule has 2 saturated carbocycles. The van der Waals surface area contributed by atoms with Gasteiger partial charge in [0.25, 0.3) is 0 Å². The first-order valence-electron chi connectivity index (χ1n) is 17.5. The van der Waals surface area contributed by atoms with Crippen molar-refractivity contribution in [1.82, 2.24) is 0 Å². The topological polar surface area (TPSA) is 84.0 Å². The fourth-order valence-corrected chi connectivity index (χ4v) is 10.8. The molecule has 2 saturated heterocycles. The van der Waals surface area contributed by atoms with Gasteiger partial charge in [-0.15, -0.1) is 0 Å². The molecule has 4 amide bonds. The van der Waals surface area contributed by atoms with E-state index in [9.17, 15) is 19.2 Å². The maximum absolute atomic E-state index is 13.2. The van der Waals surface area contributed by atoms with Gasteiger partial charge >= 0.3 is 0 Å². The van der Waals surface area contributed by atoms with Gasteiger partial charge in [0.05, 0.1) is 35.0 Å². The van der Waals surface area contributed by atoms with Crippen LogP contribution in [0.5, 0.6) is 11.5 Å². The Morgan fingerprint density at radius 3 is 0.980 bits per heavy atom. The largest absolute Gasteiger partial charge is 0.457 e. The molecule has 0 spiro atoms. The van der Waals surface area contributed by atoms with E-state index in [1.165, 1.54) is 9.80 Å². The van der Waals surface area contributed by atoms with E-state index in [0.717, 1.165) is 43.9 Å². The third kappa shape index (κ3) is 5.04. The number of imide groups is 2. The zero-order valence-corrected chi connectivity index (χ0v) is 29.0. The second-order valence-corrected chi connectivity index (χ2v) is 16.6. The molecular formula is C42H32N2O5S2. The predicted molar refractivity (Wildman–Crippen MR) is 195 cm³/mol. The van der Waals surface area contributed by atoms with Crippen molar-refractivity contribution < 1.29 is 23.9 Å². The zero-order valence-electron chi connectivity index (χ0n) is 27.3. The summed E-state index contributed by atoms with van der Waals surface area (Å²) in [7, 11) is 0. The first-order valence-corrected chi connectivity index (χ1v) is 19.1. The third-order valence-corrected chi connectivity index (χ3v) is 13.5. The molecule has 2 heterocycles. The van der Waals surface area contributed by atoms with Gasteiger partial charge in [0.1, 0.15) is 11.5 Å². The lowest BCUT2D eigenvalue weighted by Crippen LogP contribution is -2.32. The molecule has 252 valence electrons. The van der Waals surface area contributed by atoms with Gasteiger partial charge in [-0.25, -0.2) is 0 Å². The zero-order chi connectivity index (χ0) is 34.4. The second kappa shape index (κ2) is 11.9. The fourth-order valence-electron chi connectivity index (χ4n) is 9.20. The van der Waals surface area contributed by atoms with Crippen LogP contribution in [0.3, 0.4) is 0 Å². The molecule has 4 aliphatic carbocycles. The summed E-state index contributed by atoms with van der Waals surface area (Å²) < 4.78 is 6.11. The molecule has 4 aromatic rings. The van der Waals surface area contributed by atoms with Gasteiger partial charge in [0, 0.05) is 19.6 Å². The van der Waals surface area contributed by atoms with E-state index < -0.39 is 0 Å². The minimum atomic E-state index is -0.195. The van der Waals surface area contributed by atoms with E-state index >= 15 is 0 Å². The van der Waals surface area contributed by atoms with Gasteiger partial charge < -0.3 is 4.74 Å². The molecule has 7 nitrogen and oxygen atoms in total. The predicted octanol–water partition coefficient (Wildman–Crippen LogP) is 8.40. The summed E-state index contributed by atoms with van der Waals surface area (Å²) >= 11 is 3.21. The normalized spacial score (nSPS) is 29.5. The lowest BCUT2D eigenvalue weighted by molar-refractivity contribution is -0.124. The van der Waals surface area contributed by atoms with E-state index in [0.29, 0.717) is 11.4 Å². The van der Waals surface area contributed by atoms with Crippen molar-refractivity contribution in [2.24, 2.45) is 47.3 Å². The van der Waals surface area contributed by atoms with Crippen LogP contribution >= 0.6 is 23.5 Å². The van der Waals surface area contributed by atoms with Crippen LogP contribution in [-0.4, -0.2) is 23.6 Å². The van der Waals surface area contributed by atoms with Crippen LogP contribution < -0.4 is 14.5 Å². The average molecular weight is 709 g/mol. The molecule has 9 heteroatoms. The Kier molecular flexibility index (Phi) is 7.19. The van der Waals surface area contributed by atoms with E-state index in [4.69, 9.17) is 4.74 Å². The number of carbonyl (C=O) groups excluding carboxylic acids is 4. The van der Waals surface area contributed by atoms with Gasteiger partial charge in [-0.2, -0.15) is 0 Å². The first kappa shape index (κ1) is 30.9. The van der Waals surface area contributed by atoms with Gasteiger partial charge in [0.2, 0.25) is 23.6 Å². The van der Waals surface area contributed by atoms with Crippen LogP contribution in [0.2, 0.25) is 0 Å². The monoisotopic (exact) mass is 708 g/mol. The Labute approximate surface area is 303 Å². The Bertz CT molecular complexity index is 1950. The van der Waals surface area contributed by atoms with Crippen molar-refractivity contribution in [2.75, 3.05) is 9.80 Å². The highest BCUT2D eigenvalue weighted by molar-refractivity contribution is 7.99. The molecule has 0 aromatic heterocycles. The van der Waals surface area contributed by atoms with Crippen LogP contribution in [0.15, 0.2) is 141 Å². The minimum absolute atomic E-state index is 0.0564. The lowest BCUT2D eigenvalue weighted by Gasteiger charge is -2.17. The summed E-state index contributed by atoms with van der Waals surface area (Å²) in [4.78, 5) is 59.5. The minimum Gasteiger partial charge on any atom is -0.457 e. The van der Waals surface area contributed by atoms with Crippen LogP contribution in [-0.2, 0) is 19.2 Å². The van der Waals surface area contributed by atoms with E-state index in [2.05, 4.69) is 24.3 Å². The summed E-state index contributed by atoms with van der Waals surface area (Å²) in [6.07, 6.45) is 10.3. The van der Waals surface area contributed by atoms with E-state index in [1.807, 2.05) is 97.1 Å². The van der Waals surface area contributed by atoms with Crippen LogP contribution in [0.1, 0.15) is 12.8 Å². The summed E-state index contributed by atoms with van der Waals surface area (Å²) in [6.45, 7) is 0. The molecular weight excluding hydrogens is 677 g/mol. The molecule has 6 aliphatic rings. The third-order valence-electron chi connectivity index (χ3n) is 11.5. The van der Waals surface area contributed by atoms with Crippen LogP contribution in [0.4, 0.5) is 11.4 Å². The summed E-state index contributed by atoms with van der Waals surface area (Å²) in [5.41, 5.74) is 1.29. The maximum atomic E-state index is 13.2. The van der Waals surface area contributed by atoms with Crippen LogP contribution in [0, 0.1) is 47.3 Å². The lowest BCUT2D eigenvalue weighted by atomic mass is 9.85. The molecule has 2 aliphatic heterocycles. The summed E-state index contributed by atoms with van der Waals surface area (Å²) in [6, 6.07) is 31.1. The van der Waals surface area contributed by atoms with E-state index in [1.54, 1.807) is 23.5 Å². The number of benzene rings is 4. The van der Waals surface area contributed by atoms with Gasteiger partial charge in [0.15, 0.2) is 0 Å². The number of anilines is 2. The molecule has 8 atom stereocenters. The SMILES string of the molecule is O=C1[C@@H]2[C@H](C(=O)N1c1ccc(Sc3ccc(Oc4ccc(Sc5ccc(N6C(=O)[C@@H]7[C@H](C6=O)[C@H]6C=C[C@H]7C6)cc5)cc4)cc3)cc1)[C@@H]1C=C[C@H]2C1. The molecule has 0 unspecified atom stereocenters. The van der Waals surface area contributed by atoms with Gasteiger partial charge in [-0.1, -0.05) is 47.8 Å². The number of carbonyl (C=O) groups is 4. The number of fused-ring (bicyclic) bond motifs is 10. The van der Waals surface area contributed by atoms with Crippen molar-refractivity contribution in [2.45, 2.75) is 32.4 Å². The number of ether oxygens (including phenoxy) is 1.